The van der Waals surface area contributed by atoms with Crippen LogP contribution in [0, 0.1) is 11.8 Å². The van der Waals surface area contributed by atoms with Gasteiger partial charge in [-0.05, 0) is 43.0 Å². The van der Waals surface area contributed by atoms with Crippen molar-refractivity contribution in [3.63, 3.8) is 0 Å². The van der Waals surface area contributed by atoms with E-state index in [4.69, 9.17) is 0 Å². The second kappa shape index (κ2) is 3.67. The molecule has 1 nitrogen and oxygen atoms in total. The van der Waals surface area contributed by atoms with E-state index in [2.05, 4.69) is 57.7 Å². The quantitative estimate of drug-likeness (QED) is 0.800. The zero-order chi connectivity index (χ0) is 10.3. The minimum absolute atomic E-state index is 0.662. The molecule has 0 bridgehead atoms. The Morgan fingerprint density at radius 1 is 1.20 bits per heavy atom. The summed E-state index contributed by atoms with van der Waals surface area (Å²) in [7, 11) is 0. The van der Waals surface area contributed by atoms with Gasteiger partial charge >= 0.3 is 0 Å². The van der Waals surface area contributed by atoms with Gasteiger partial charge in [0.2, 0.25) is 0 Å². The van der Waals surface area contributed by atoms with E-state index in [-0.39, 0.29) is 0 Å². The molecule has 78 valence electrons. The largest absolute Gasteiger partial charge is 0.382 e. The van der Waals surface area contributed by atoms with E-state index in [1.54, 1.807) is 0 Å². The molecule has 0 radical (unpaired) electrons. The summed E-state index contributed by atoms with van der Waals surface area (Å²) in [5.74, 6) is 1.71. The van der Waals surface area contributed by atoms with Gasteiger partial charge in [0.25, 0.3) is 0 Å². The van der Waals surface area contributed by atoms with E-state index in [1.165, 1.54) is 18.5 Å². The molecule has 0 amide bonds. The Hall–Kier alpha value is -0.760. The van der Waals surface area contributed by atoms with Crippen molar-refractivity contribution in [1.29, 1.82) is 0 Å². The lowest BCUT2D eigenvalue weighted by molar-refractivity contribution is 0.218. The number of rotatable bonds is 2. The summed E-state index contributed by atoms with van der Waals surface area (Å²) in [5.41, 5.74) is 1.24. The zero-order valence-electron chi connectivity index (χ0n) is 8.49. The average Bonchev–Trinajstić information content (AvgIpc) is 2.59. The van der Waals surface area contributed by atoms with Crippen molar-refractivity contribution < 1.29 is 0 Å². The van der Waals surface area contributed by atoms with Gasteiger partial charge in [-0.2, -0.15) is 0 Å². The van der Waals surface area contributed by atoms with E-state index in [9.17, 15) is 0 Å². The van der Waals surface area contributed by atoms with Gasteiger partial charge in [0.15, 0.2) is 0 Å². The molecule has 0 aliphatic heterocycles. The van der Waals surface area contributed by atoms with Crippen molar-refractivity contribution in [2.24, 2.45) is 11.8 Å². The van der Waals surface area contributed by atoms with Crippen LogP contribution in [-0.2, 0) is 0 Å². The van der Waals surface area contributed by atoms with Crippen LogP contribution in [0.3, 0.4) is 0 Å². The Bertz CT molecular complexity index is 382. The van der Waals surface area contributed by atoms with Gasteiger partial charge in [-0.15, -0.1) is 0 Å². The maximum absolute atomic E-state index is 3.60. The summed E-state index contributed by atoms with van der Waals surface area (Å²) >= 11 is 3.45. The average molecular weight is 264 g/mol. The third-order valence-corrected chi connectivity index (χ3v) is 4.09. The van der Waals surface area contributed by atoms with Crippen LogP contribution in [0.4, 0.5) is 5.69 Å². The van der Waals surface area contributed by atoms with Crippen LogP contribution in [0.25, 0.3) is 0 Å². The Labute approximate surface area is 98.7 Å². The van der Waals surface area contributed by atoms with Crippen LogP contribution in [-0.4, -0.2) is 6.04 Å². The summed E-state index contributed by atoms with van der Waals surface area (Å²) in [6.45, 7) is 0. The molecule has 0 saturated heterocycles. The van der Waals surface area contributed by atoms with E-state index in [1.807, 2.05) is 0 Å². The van der Waals surface area contributed by atoms with E-state index < -0.39 is 0 Å². The fourth-order valence-corrected chi connectivity index (χ4v) is 2.91. The second-order valence-corrected chi connectivity index (χ2v) is 5.41. The fourth-order valence-electron chi connectivity index (χ4n) is 2.64. The summed E-state index contributed by atoms with van der Waals surface area (Å²) in [6.07, 6.45) is 7.33. The number of hydrogen-bond acceptors (Lipinski definition) is 1. The highest BCUT2D eigenvalue weighted by molar-refractivity contribution is 9.10. The number of fused-ring (bicyclic) bond motifs is 1. The normalized spacial score (nSPS) is 32.2. The molecule has 0 heterocycles. The fraction of sp³-hybridized carbons (Fsp3) is 0.385. The molecular weight excluding hydrogens is 250 g/mol. The molecule has 2 aliphatic rings. The molecule has 2 heteroatoms. The predicted molar refractivity (Wildman–Crippen MR) is 66.9 cm³/mol. The number of anilines is 1. The predicted octanol–water partition coefficient (Wildman–Crippen LogP) is 3.83. The Morgan fingerprint density at radius 2 is 2.00 bits per heavy atom. The first-order chi connectivity index (χ1) is 7.33. The summed E-state index contributed by atoms with van der Waals surface area (Å²) in [5, 5.41) is 3.60. The number of nitrogens with one attached hydrogen (secondary N) is 1. The minimum Gasteiger partial charge on any atom is -0.382 e. The molecule has 0 spiro atoms. The molecule has 1 saturated carbocycles. The van der Waals surface area contributed by atoms with E-state index >= 15 is 0 Å². The number of allylic oxidation sites excluding steroid dienone is 1. The standard InChI is InChI=1S/C13H14BrN/c14-10-4-6-11(7-5-10)15-13-8-9-2-1-3-12(9)13/h1,3-7,9,12-13,15H,2,8H2. The lowest BCUT2D eigenvalue weighted by atomic mass is 9.71. The van der Waals surface area contributed by atoms with Gasteiger partial charge in [-0.1, -0.05) is 28.1 Å². The van der Waals surface area contributed by atoms with Crippen molar-refractivity contribution in [2.75, 3.05) is 5.32 Å². The van der Waals surface area contributed by atoms with Crippen molar-refractivity contribution in [3.05, 3.63) is 40.9 Å². The third kappa shape index (κ3) is 1.71. The third-order valence-electron chi connectivity index (χ3n) is 3.56. The molecular formula is C13H14BrN. The van der Waals surface area contributed by atoms with Crippen LogP contribution in [0.2, 0.25) is 0 Å². The second-order valence-electron chi connectivity index (χ2n) is 4.49. The van der Waals surface area contributed by atoms with Gasteiger partial charge < -0.3 is 5.32 Å². The Kier molecular flexibility index (Phi) is 2.32. The van der Waals surface area contributed by atoms with Crippen LogP contribution < -0.4 is 5.32 Å². The van der Waals surface area contributed by atoms with Gasteiger partial charge in [0.05, 0.1) is 0 Å². The Morgan fingerprint density at radius 3 is 2.73 bits per heavy atom. The maximum atomic E-state index is 3.60. The lowest BCUT2D eigenvalue weighted by Crippen LogP contribution is -2.43. The summed E-state index contributed by atoms with van der Waals surface area (Å²) < 4.78 is 1.14. The first-order valence-corrected chi connectivity index (χ1v) is 6.31. The first kappa shape index (κ1) is 9.46. The number of hydrogen-bond donors (Lipinski definition) is 1. The highest BCUT2D eigenvalue weighted by Gasteiger charge is 2.40. The summed E-state index contributed by atoms with van der Waals surface area (Å²) in [6, 6.07) is 9.10. The molecule has 3 unspecified atom stereocenters. The molecule has 0 aromatic heterocycles. The molecule has 2 aliphatic carbocycles. The van der Waals surface area contributed by atoms with E-state index in [0.717, 1.165) is 16.3 Å². The van der Waals surface area contributed by atoms with Crippen molar-refractivity contribution >= 4 is 21.6 Å². The number of halogens is 1. The molecule has 1 N–H and O–H groups in total. The molecule has 1 aromatic carbocycles. The summed E-state index contributed by atoms with van der Waals surface area (Å²) in [4.78, 5) is 0. The molecule has 3 rings (SSSR count). The van der Waals surface area contributed by atoms with E-state index in [0.29, 0.717) is 6.04 Å². The SMILES string of the molecule is Brc1ccc(NC2CC3CC=CC32)cc1. The highest BCUT2D eigenvalue weighted by atomic mass is 79.9. The zero-order valence-corrected chi connectivity index (χ0v) is 10.1. The number of benzene rings is 1. The van der Waals surface area contributed by atoms with Gasteiger partial charge in [-0.3, -0.25) is 0 Å². The first-order valence-electron chi connectivity index (χ1n) is 5.52. The highest BCUT2D eigenvalue weighted by Crippen LogP contribution is 2.44. The Balaban J connectivity index is 1.66. The molecule has 1 fully saturated rings. The topological polar surface area (TPSA) is 12.0 Å². The van der Waals surface area contributed by atoms with Crippen LogP contribution in [0.15, 0.2) is 40.9 Å². The van der Waals surface area contributed by atoms with Crippen molar-refractivity contribution in [2.45, 2.75) is 18.9 Å². The minimum atomic E-state index is 0.662. The molecule has 15 heavy (non-hydrogen) atoms. The monoisotopic (exact) mass is 263 g/mol. The van der Waals surface area contributed by atoms with Crippen LogP contribution in [0.5, 0.6) is 0 Å². The van der Waals surface area contributed by atoms with Gasteiger partial charge in [0.1, 0.15) is 0 Å². The van der Waals surface area contributed by atoms with Crippen LogP contribution >= 0.6 is 15.9 Å². The molecule has 3 atom stereocenters. The van der Waals surface area contributed by atoms with Gasteiger partial charge in [-0.25, -0.2) is 0 Å². The smallest absolute Gasteiger partial charge is 0.0343 e. The van der Waals surface area contributed by atoms with Crippen molar-refractivity contribution in [1.82, 2.24) is 0 Å². The lowest BCUT2D eigenvalue weighted by Gasteiger charge is -2.41. The maximum Gasteiger partial charge on any atom is 0.0343 e. The molecule has 1 aromatic rings. The van der Waals surface area contributed by atoms with Gasteiger partial charge in [0, 0.05) is 22.1 Å². The van der Waals surface area contributed by atoms with Crippen molar-refractivity contribution in [3.8, 4) is 0 Å². The van der Waals surface area contributed by atoms with Crippen LogP contribution in [0.1, 0.15) is 12.8 Å².